The van der Waals surface area contributed by atoms with Crippen LogP contribution < -0.4 is 4.72 Å². The van der Waals surface area contributed by atoms with Crippen molar-refractivity contribution in [3.8, 4) is 0 Å². The number of nitrogens with one attached hydrogen (secondary N) is 1. The van der Waals surface area contributed by atoms with Gasteiger partial charge in [-0.2, -0.15) is 0 Å². The number of likely N-dealkylation sites (tertiary alicyclic amines) is 1. The highest BCUT2D eigenvalue weighted by molar-refractivity contribution is 7.90. The number of hydrogen-bond donors (Lipinski definition) is 2. The topological polar surface area (TPSA) is 104 Å². The third kappa shape index (κ3) is 5.99. The van der Waals surface area contributed by atoms with Crippen LogP contribution in [0.15, 0.2) is 48.5 Å². The SMILES string of the molecule is CCC1(CC(=O)O)C[C@H](c2cccc(Cl)c2)C(c2ccc(Cl)cc2)N(C(CNS(=O)(=O)C2CC2)C2CC2)C1=O. The number of carbonyl (C=O) groups is 2. The second-order valence-electron chi connectivity index (χ2n) is 11.3. The summed E-state index contributed by atoms with van der Waals surface area (Å²) >= 11 is 12.7. The van der Waals surface area contributed by atoms with Crippen LogP contribution in [0.1, 0.15) is 75.0 Å². The molecule has 0 aromatic heterocycles. The van der Waals surface area contributed by atoms with Crippen LogP contribution in [-0.4, -0.2) is 48.1 Å². The van der Waals surface area contributed by atoms with E-state index < -0.39 is 33.5 Å². The molecule has 0 radical (unpaired) electrons. The second kappa shape index (κ2) is 11.0. The smallest absolute Gasteiger partial charge is 0.304 e. The molecule has 1 heterocycles. The van der Waals surface area contributed by atoms with Crippen molar-refractivity contribution in [2.75, 3.05) is 6.54 Å². The minimum atomic E-state index is -3.47. The Hall–Kier alpha value is -2.13. The van der Waals surface area contributed by atoms with Crippen LogP contribution in [0.2, 0.25) is 10.0 Å². The molecule has 10 heteroatoms. The predicted octanol–water partition coefficient (Wildman–Crippen LogP) is 5.78. The fourth-order valence-electron chi connectivity index (χ4n) is 6.19. The number of halogens is 2. The van der Waals surface area contributed by atoms with Gasteiger partial charge in [-0.25, -0.2) is 13.1 Å². The summed E-state index contributed by atoms with van der Waals surface area (Å²) in [5.41, 5.74) is 0.647. The summed E-state index contributed by atoms with van der Waals surface area (Å²) in [5.74, 6) is -1.39. The van der Waals surface area contributed by atoms with Crippen LogP contribution in [0.5, 0.6) is 0 Å². The van der Waals surface area contributed by atoms with Crippen molar-refractivity contribution >= 4 is 45.1 Å². The van der Waals surface area contributed by atoms with Gasteiger partial charge in [0.05, 0.1) is 23.1 Å². The number of hydrogen-bond acceptors (Lipinski definition) is 4. The number of benzene rings is 2. The van der Waals surface area contributed by atoms with Crippen molar-refractivity contribution in [1.82, 2.24) is 9.62 Å². The van der Waals surface area contributed by atoms with E-state index in [0.717, 1.165) is 24.0 Å². The van der Waals surface area contributed by atoms with Crippen molar-refractivity contribution < 1.29 is 23.1 Å². The lowest BCUT2D eigenvalue weighted by Crippen LogP contribution is -2.59. The monoisotopic (exact) mass is 592 g/mol. The number of nitrogens with zero attached hydrogens (tertiary/aromatic N) is 1. The number of amides is 1. The van der Waals surface area contributed by atoms with Gasteiger partial charge < -0.3 is 10.0 Å². The largest absolute Gasteiger partial charge is 0.481 e. The van der Waals surface area contributed by atoms with Gasteiger partial charge in [-0.3, -0.25) is 9.59 Å². The van der Waals surface area contributed by atoms with Gasteiger partial charge in [-0.15, -0.1) is 0 Å². The molecule has 1 saturated heterocycles. The van der Waals surface area contributed by atoms with Gasteiger partial charge in [-0.1, -0.05) is 54.4 Å². The Kier molecular flexibility index (Phi) is 8.04. The first kappa shape index (κ1) is 28.4. The van der Waals surface area contributed by atoms with Crippen molar-refractivity contribution in [1.29, 1.82) is 0 Å². The van der Waals surface area contributed by atoms with Crippen molar-refractivity contribution in [3.05, 3.63) is 69.7 Å². The Balaban J connectivity index is 1.65. The van der Waals surface area contributed by atoms with E-state index in [0.29, 0.717) is 35.7 Å². The lowest BCUT2D eigenvalue weighted by Gasteiger charge is -2.53. The van der Waals surface area contributed by atoms with Crippen LogP contribution in [0.25, 0.3) is 0 Å². The number of aliphatic carboxylic acids is 1. The van der Waals surface area contributed by atoms with E-state index in [1.54, 1.807) is 18.2 Å². The lowest BCUT2D eigenvalue weighted by atomic mass is 9.64. The van der Waals surface area contributed by atoms with E-state index in [1.807, 2.05) is 42.2 Å². The molecule has 2 aromatic carbocycles. The van der Waals surface area contributed by atoms with E-state index in [2.05, 4.69) is 4.72 Å². The Morgan fingerprint density at radius 2 is 1.77 bits per heavy atom. The number of carboxylic acids is 1. The van der Waals surface area contributed by atoms with Crippen molar-refractivity contribution in [2.24, 2.45) is 11.3 Å². The Bertz CT molecular complexity index is 1340. The minimum absolute atomic E-state index is 0.106. The summed E-state index contributed by atoms with van der Waals surface area (Å²) in [6.07, 6.45) is 3.45. The molecule has 4 atom stereocenters. The van der Waals surface area contributed by atoms with Crippen molar-refractivity contribution in [3.63, 3.8) is 0 Å². The number of piperidine rings is 1. The molecule has 3 aliphatic rings. The Morgan fingerprint density at radius 1 is 1.08 bits per heavy atom. The van der Waals surface area contributed by atoms with E-state index in [1.165, 1.54) is 0 Å². The third-order valence-corrected chi connectivity index (χ3v) is 11.0. The average Bonchev–Trinajstić information content (AvgIpc) is 3.80. The molecule has 2 saturated carbocycles. The fourth-order valence-corrected chi connectivity index (χ4v) is 7.91. The maximum Gasteiger partial charge on any atom is 0.304 e. The minimum Gasteiger partial charge on any atom is -0.481 e. The normalized spacial score (nSPS) is 26.4. The lowest BCUT2D eigenvalue weighted by molar-refractivity contribution is -0.162. The molecule has 3 unspecified atom stereocenters. The number of rotatable bonds is 11. The van der Waals surface area contributed by atoms with Gasteiger partial charge in [-0.05, 0) is 79.8 Å². The van der Waals surface area contributed by atoms with Gasteiger partial charge in [0, 0.05) is 28.5 Å². The Labute approximate surface area is 239 Å². The molecule has 0 bridgehead atoms. The molecule has 2 aliphatic carbocycles. The zero-order valence-electron chi connectivity index (χ0n) is 21.9. The summed E-state index contributed by atoms with van der Waals surface area (Å²) in [5, 5.41) is 10.7. The predicted molar refractivity (Wildman–Crippen MR) is 151 cm³/mol. The maximum absolute atomic E-state index is 14.6. The van der Waals surface area contributed by atoms with Gasteiger partial charge in [0.2, 0.25) is 15.9 Å². The summed E-state index contributed by atoms with van der Waals surface area (Å²) < 4.78 is 28.5. The molecule has 5 rings (SSSR count). The molecular formula is C29H34Cl2N2O5S. The first-order valence-electron chi connectivity index (χ1n) is 13.6. The van der Waals surface area contributed by atoms with Gasteiger partial charge in [0.25, 0.3) is 0 Å². The third-order valence-electron chi connectivity index (χ3n) is 8.61. The molecule has 39 heavy (non-hydrogen) atoms. The first-order valence-corrected chi connectivity index (χ1v) is 15.9. The molecule has 3 fully saturated rings. The van der Waals surface area contributed by atoms with Crippen molar-refractivity contribution in [2.45, 2.75) is 75.1 Å². The molecule has 210 valence electrons. The van der Waals surface area contributed by atoms with Crippen LogP contribution in [0.4, 0.5) is 0 Å². The molecule has 1 aliphatic heterocycles. The fraction of sp³-hybridized carbons (Fsp3) is 0.517. The van der Waals surface area contributed by atoms with E-state index in [9.17, 15) is 23.1 Å². The summed E-state index contributed by atoms with van der Waals surface area (Å²) in [6, 6.07) is 14.0. The van der Waals surface area contributed by atoms with E-state index in [4.69, 9.17) is 23.2 Å². The quantitative estimate of drug-likeness (QED) is 0.344. The van der Waals surface area contributed by atoms with E-state index >= 15 is 0 Å². The van der Waals surface area contributed by atoms with Gasteiger partial charge in [0.15, 0.2) is 0 Å². The zero-order valence-corrected chi connectivity index (χ0v) is 24.2. The highest BCUT2D eigenvalue weighted by Crippen LogP contribution is 2.55. The maximum atomic E-state index is 14.6. The summed E-state index contributed by atoms with van der Waals surface area (Å²) in [6.45, 7) is 1.97. The molecule has 0 spiro atoms. The molecule has 7 nitrogen and oxygen atoms in total. The molecule has 1 amide bonds. The van der Waals surface area contributed by atoms with Crippen LogP contribution in [-0.2, 0) is 19.6 Å². The second-order valence-corrected chi connectivity index (χ2v) is 14.2. The first-order chi connectivity index (χ1) is 18.5. The number of carboxylic acid groups (broad SMARTS) is 1. The highest BCUT2D eigenvalue weighted by Gasteiger charge is 2.56. The Morgan fingerprint density at radius 3 is 2.33 bits per heavy atom. The standard InChI is InChI=1S/C29H34Cl2N2O5S/c1-2-29(16-26(34)35)15-24(20-4-3-5-22(31)14-20)27(19-8-10-21(30)11-9-19)33(28(29)36)25(18-6-7-18)17-32-39(37,38)23-12-13-23/h3-5,8-11,14,18,23-25,27,32H,2,6-7,12-13,15-17H2,1H3,(H,34,35)/t24-,25?,27?,29?/m1/s1. The summed E-state index contributed by atoms with van der Waals surface area (Å²) in [7, 11) is -3.47. The van der Waals surface area contributed by atoms with Gasteiger partial charge >= 0.3 is 5.97 Å². The number of carbonyl (C=O) groups excluding carboxylic acids is 1. The summed E-state index contributed by atoms with van der Waals surface area (Å²) in [4.78, 5) is 28.5. The highest BCUT2D eigenvalue weighted by atomic mass is 35.5. The van der Waals surface area contributed by atoms with Crippen LogP contribution in [0.3, 0.4) is 0 Å². The number of sulfonamides is 1. The molecule has 2 N–H and O–H groups in total. The molecular weight excluding hydrogens is 559 g/mol. The van der Waals surface area contributed by atoms with E-state index in [-0.39, 0.29) is 36.0 Å². The zero-order chi connectivity index (χ0) is 27.9. The van der Waals surface area contributed by atoms with Crippen LogP contribution >= 0.6 is 23.2 Å². The van der Waals surface area contributed by atoms with Crippen LogP contribution in [0, 0.1) is 11.3 Å². The molecule has 2 aromatic rings. The average molecular weight is 594 g/mol. The van der Waals surface area contributed by atoms with Gasteiger partial charge in [0.1, 0.15) is 0 Å².